The van der Waals surface area contributed by atoms with E-state index in [1.54, 1.807) is 24.3 Å². The molecule has 1 heterocycles. The summed E-state index contributed by atoms with van der Waals surface area (Å²) in [4.78, 5) is 28.4. The fraction of sp³-hybridized carbons (Fsp3) is 0.353. The van der Waals surface area contributed by atoms with Gasteiger partial charge < -0.3 is 10.6 Å². The highest BCUT2D eigenvalue weighted by atomic mass is 32.1. The van der Waals surface area contributed by atoms with Crippen molar-refractivity contribution in [1.29, 1.82) is 0 Å². The molecule has 0 saturated carbocycles. The maximum Gasteiger partial charge on any atom is 0.251 e. The second kappa shape index (κ2) is 7.87. The van der Waals surface area contributed by atoms with Crippen molar-refractivity contribution < 1.29 is 9.59 Å². The molecule has 0 aliphatic heterocycles. The molecule has 1 aromatic carbocycles. The highest BCUT2D eigenvalue weighted by Crippen LogP contribution is 2.21. The molecule has 2 N–H and O–H groups in total. The van der Waals surface area contributed by atoms with E-state index in [2.05, 4.69) is 29.5 Å². The first kappa shape index (κ1) is 17.1. The van der Waals surface area contributed by atoms with Crippen molar-refractivity contribution in [3.05, 3.63) is 47.0 Å². The van der Waals surface area contributed by atoms with Gasteiger partial charge >= 0.3 is 0 Å². The number of benzene rings is 1. The van der Waals surface area contributed by atoms with E-state index >= 15 is 0 Å². The number of hydrogen-bond acceptors (Lipinski definition) is 4. The Bertz CT molecular complexity index is 667. The summed E-state index contributed by atoms with van der Waals surface area (Å²) in [5.74, 6) is -0.00116. The molecule has 1 aromatic heterocycles. The molecule has 5 nitrogen and oxygen atoms in total. The third-order valence-electron chi connectivity index (χ3n) is 3.26. The first-order valence-corrected chi connectivity index (χ1v) is 8.45. The summed E-state index contributed by atoms with van der Waals surface area (Å²) in [6, 6.07) is 8.69. The van der Waals surface area contributed by atoms with Crippen molar-refractivity contribution in [3.8, 4) is 0 Å². The van der Waals surface area contributed by atoms with Gasteiger partial charge in [0.15, 0.2) is 5.13 Å². The maximum atomic E-state index is 12.0. The molecule has 0 saturated heterocycles. The second-order valence-electron chi connectivity index (χ2n) is 5.73. The van der Waals surface area contributed by atoms with Crippen LogP contribution in [0.5, 0.6) is 0 Å². The number of aromatic nitrogens is 1. The van der Waals surface area contributed by atoms with Crippen LogP contribution in [0.3, 0.4) is 0 Å². The molecule has 0 fully saturated rings. The van der Waals surface area contributed by atoms with Crippen LogP contribution in [0.2, 0.25) is 0 Å². The predicted octanol–water partition coefficient (Wildman–Crippen LogP) is 3.41. The van der Waals surface area contributed by atoms with Crippen molar-refractivity contribution in [1.82, 2.24) is 10.3 Å². The van der Waals surface area contributed by atoms with E-state index in [1.165, 1.54) is 11.3 Å². The standard InChI is InChI=1S/C17H21N3O2S/c1-11(2)14-10-23-17(19-14)20-15(21)9-12(3)18-16(22)13-7-5-4-6-8-13/h4-8,10-12H,9H2,1-3H3,(H,18,22)(H,19,20,21). The number of carbonyl (C=O) groups is 2. The van der Waals surface area contributed by atoms with Crippen molar-refractivity contribution in [3.63, 3.8) is 0 Å². The van der Waals surface area contributed by atoms with Gasteiger partial charge in [0.05, 0.1) is 5.69 Å². The number of rotatable bonds is 6. The van der Waals surface area contributed by atoms with Crippen LogP contribution in [0.1, 0.15) is 49.2 Å². The lowest BCUT2D eigenvalue weighted by molar-refractivity contribution is -0.116. The van der Waals surface area contributed by atoms with Gasteiger partial charge in [-0.05, 0) is 25.0 Å². The lowest BCUT2D eigenvalue weighted by Crippen LogP contribution is -2.35. The lowest BCUT2D eigenvalue weighted by atomic mass is 10.1. The van der Waals surface area contributed by atoms with Crippen LogP contribution in [0.15, 0.2) is 35.7 Å². The largest absolute Gasteiger partial charge is 0.349 e. The third-order valence-corrected chi connectivity index (χ3v) is 4.04. The average Bonchev–Trinajstić information content (AvgIpc) is 2.96. The normalized spacial score (nSPS) is 12.0. The van der Waals surface area contributed by atoms with Crippen molar-refractivity contribution in [2.45, 2.75) is 39.2 Å². The lowest BCUT2D eigenvalue weighted by Gasteiger charge is -2.13. The molecule has 23 heavy (non-hydrogen) atoms. The minimum absolute atomic E-state index is 0.157. The number of carbonyl (C=O) groups excluding carboxylic acids is 2. The molecular formula is C17H21N3O2S. The molecule has 1 unspecified atom stereocenters. The van der Waals surface area contributed by atoms with Gasteiger partial charge in [0.1, 0.15) is 0 Å². The molecule has 0 aliphatic carbocycles. The summed E-state index contributed by atoms with van der Waals surface area (Å²) in [6.45, 7) is 5.92. The van der Waals surface area contributed by atoms with Gasteiger partial charge in [-0.25, -0.2) is 4.98 Å². The minimum atomic E-state index is -0.257. The molecule has 6 heteroatoms. The molecule has 1 atom stereocenters. The third kappa shape index (κ3) is 5.17. The van der Waals surface area contributed by atoms with Crippen LogP contribution in [0.4, 0.5) is 5.13 Å². The van der Waals surface area contributed by atoms with Crippen LogP contribution in [-0.4, -0.2) is 22.8 Å². The smallest absolute Gasteiger partial charge is 0.251 e. The van der Waals surface area contributed by atoms with E-state index in [9.17, 15) is 9.59 Å². The quantitative estimate of drug-likeness (QED) is 0.852. The molecule has 0 radical (unpaired) electrons. The summed E-state index contributed by atoms with van der Waals surface area (Å²) in [5.41, 5.74) is 1.55. The summed E-state index contributed by atoms with van der Waals surface area (Å²) in [5, 5.41) is 8.14. The van der Waals surface area contributed by atoms with Gasteiger partial charge in [0, 0.05) is 23.4 Å². The van der Waals surface area contributed by atoms with E-state index in [0.717, 1.165) is 5.69 Å². The second-order valence-corrected chi connectivity index (χ2v) is 6.58. The Morgan fingerprint density at radius 3 is 2.48 bits per heavy atom. The Labute approximate surface area is 140 Å². The Balaban J connectivity index is 1.83. The minimum Gasteiger partial charge on any atom is -0.349 e. The Kier molecular flexibility index (Phi) is 5.87. The van der Waals surface area contributed by atoms with Gasteiger partial charge in [0.25, 0.3) is 5.91 Å². The molecule has 2 aromatic rings. The van der Waals surface area contributed by atoms with E-state index < -0.39 is 0 Å². The highest BCUT2D eigenvalue weighted by molar-refractivity contribution is 7.13. The predicted molar refractivity (Wildman–Crippen MR) is 92.8 cm³/mol. The average molecular weight is 331 g/mol. The van der Waals surface area contributed by atoms with Gasteiger partial charge in [-0.3, -0.25) is 9.59 Å². The molecule has 2 amide bonds. The first-order chi connectivity index (χ1) is 11.0. The van der Waals surface area contributed by atoms with E-state index in [0.29, 0.717) is 16.6 Å². The SMILES string of the molecule is CC(CC(=O)Nc1nc(C(C)C)cs1)NC(=O)c1ccccc1. The van der Waals surface area contributed by atoms with Crippen molar-refractivity contribution in [2.75, 3.05) is 5.32 Å². The summed E-state index contributed by atoms with van der Waals surface area (Å²) >= 11 is 1.41. The van der Waals surface area contributed by atoms with E-state index in [1.807, 2.05) is 18.4 Å². The van der Waals surface area contributed by atoms with Crippen molar-refractivity contribution in [2.24, 2.45) is 0 Å². The number of amides is 2. The molecular weight excluding hydrogens is 310 g/mol. The van der Waals surface area contributed by atoms with Crippen LogP contribution < -0.4 is 10.6 Å². The fourth-order valence-corrected chi connectivity index (χ4v) is 2.89. The maximum absolute atomic E-state index is 12.0. The number of nitrogens with one attached hydrogen (secondary N) is 2. The fourth-order valence-electron chi connectivity index (χ4n) is 2.00. The summed E-state index contributed by atoms with van der Waals surface area (Å²) in [6.07, 6.45) is 0.204. The zero-order chi connectivity index (χ0) is 16.8. The zero-order valence-electron chi connectivity index (χ0n) is 13.5. The highest BCUT2D eigenvalue weighted by Gasteiger charge is 2.14. The van der Waals surface area contributed by atoms with E-state index in [4.69, 9.17) is 0 Å². The van der Waals surface area contributed by atoms with Crippen LogP contribution in [-0.2, 0) is 4.79 Å². The van der Waals surface area contributed by atoms with Gasteiger partial charge in [0.2, 0.25) is 5.91 Å². The number of hydrogen-bond donors (Lipinski definition) is 2. The zero-order valence-corrected chi connectivity index (χ0v) is 14.3. The molecule has 0 aliphatic rings. The van der Waals surface area contributed by atoms with Crippen LogP contribution in [0.25, 0.3) is 0 Å². The van der Waals surface area contributed by atoms with Gasteiger partial charge in [-0.15, -0.1) is 11.3 Å². The monoisotopic (exact) mass is 331 g/mol. The van der Waals surface area contributed by atoms with Crippen LogP contribution in [0, 0.1) is 0 Å². The topological polar surface area (TPSA) is 71.1 Å². The number of thiazole rings is 1. The summed E-state index contributed by atoms with van der Waals surface area (Å²) < 4.78 is 0. The Morgan fingerprint density at radius 2 is 1.87 bits per heavy atom. The molecule has 2 rings (SSSR count). The first-order valence-electron chi connectivity index (χ1n) is 7.57. The van der Waals surface area contributed by atoms with Crippen molar-refractivity contribution >= 4 is 28.3 Å². The van der Waals surface area contributed by atoms with Gasteiger partial charge in [-0.2, -0.15) is 0 Å². The Hall–Kier alpha value is -2.21. The Morgan fingerprint density at radius 1 is 1.17 bits per heavy atom. The number of anilines is 1. The van der Waals surface area contributed by atoms with Gasteiger partial charge in [-0.1, -0.05) is 32.0 Å². The molecule has 122 valence electrons. The van der Waals surface area contributed by atoms with Crippen LogP contribution >= 0.6 is 11.3 Å². The summed E-state index contributed by atoms with van der Waals surface area (Å²) in [7, 11) is 0. The molecule has 0 bridgehead atoms. The van der Waals surface area contributed by atoms with E-state index in [-0.39, 0.29) is 24.3 Å². The number of nitrogens with zero attached hydrogens (tertiary/aromatic N) is 1. The molecule has 0 spiro atoms.